The van der Waals surface area contributed by atoms with Crippen LogP contribution in [0, 0.1) is 0 Å². The molecule has 0 aliphatic carbocycles. The summed E-state index contributed by atoms with van der Waals surface area (Å²) in [6, 6.07) is 17.9. The summed E-state index contributed by atoms with van der Waals surface area (Å²) >= 11 is 0. The van der Waals surface area contributed by atoms with Gasteiger partial charge in [0.2, 0.25) is 11.7 Å². The highest BCUT2D eigenvalue weighted by Gasteiger charge is 2.22. The topological polar surface area (TPSA) is 60.2 Å². The van der Waals surface area contributed by atoms with Crippen molar-refractivity contribution in [3.63, 3.8) is 0 Å². The lowest BCUT2D eigenvalue weighted by Gasteiger charge is -2.06. The van der Waals surface area contributed by atoms with E-state index >= 15 is 0 Å². The van der Waals surface area contributed by atoms with Crippen molar-refractivity contribution in [2.45, 2.75) is 18.9 Å². The molecule has 0 bridgehead atoms. The fourth-order valence-corrected chi connectivity index (χ4v) is 2.82. The second-order valence-corrected chi connectivity index (χ2v) is 5.94. The highest BCUT2D eigenvalue weighted by atomic mass is 35.5. The monoisotopic (exact) mass is 357 g/mol. The van der Waals surface area contributed by atoms with Crippen molar-refractivity contribution in [3.8, 4) is 17.1 Å². The molecular formula is C19H20ClN3O2. The van der Waals surface area contributed by atoms with Crippen LogP contribution in [0.4, 0.5) is 0 Å². The molecule has 2 aromatic carbocycles. The van der Waals surface area contributed by atoms with Gasteiger partial charge in [0.25, 0.3) is 0 Å². The Morgan fingerprint density at radius 2 is 1.88 bits per heavy atom. The molecule has 5 nitrogen and oxygen atoms in total. The van der Waals surface area contributed by atoms with Gasteiger partial charge in [-0.05, 0) is 42.8 Å². The number of nitrogens with zero attached hydrogens (tertiary/aromatic N) is 2. The molecule has 130 valence electrons. The summed E-state index contributed by atoms with van der Waals surface area (Å²) in [5.74, 6) is 2.51. The zero-order valence-electron chi connectivity index (χ0n) is 13.7. The first-order valence-corrected chi connectivity index (χ1v) is 8.20. The van der Waals surface area contributed by atoms with Gasteiger partial charge in [-0.3, -0.25) is 0 Å². The molecule has 0 radical (unpaired) electrons. The second kappa shape index (κ2) is 8.14. The highest BCUT2D eigenvalue weighted by molar-refractivity contribution is 5.85. The number of ether oxygens (including phenoxy) is 1. The van der Waals surface area contributed by atoms with Crippen LogP contribution in [0.1, 0.15) is 23.8 Å². The van der Waals surface area contributed by atoms with Gasteiger partial charge in [0.15, 0.2) is 0 Å². The molecule has 0 spiro atoms. The van der Waals surface area contributed by atoms with Crippen LogP contribution in [-0.2, 0) is 6.61 Å². The summed E-state index contributed by atoms with van der Waals surface area (Å²) in [5.41, 5.74) is 2.08. The van der Waals surface area contributed by atoms with E-state index < -0.39 is 0 Å². The van der Waals surface area contributed by atoms with Crippen LogP contribution in [0.25, 0.3) is 11.4 Å². The first-order valence-electron chi connectivity index (χ1n) is 8.20. The second-order valence-electron chi connectivity index (χ2n) is 5.94. The summed E-state index contributed by atoms with van der Waals surface area (Å²) in [6.07, 6.45) is 1.05. The normalized spacial score (nSPS) is 16.4. The Kier molecular flexibility index (Phi) is 5.68. The number of halogens is 1. The molecule has 1 fully saturated rings. The van der Waals surface area contributed by atoms with E-state index in [-0.39, 0.29) is 12.4 Å². The number of hydrogen-bond donors (Lipinski definition) is 1. The Bertz CT molecular complexity index is 784. The molecule has 0 unspecified atom stereocenters. The van der Waals surface area contributed by atoms with Crippen molar-refractivity contribution in [1.29, 1.82) is 0 Å². The zero-order chi connectivity index (χ0) is 16.2. The van der Waals surface area contributed by atoms with Crippen molar-refractivity contribution in [3.05, 3.63) is 66.1 Å². The molecule has 4 rings (SSSR count). The largest absolute Gasteiger partial charge is 0.489 e. The van der Waals surface area contributed by atoms with Gasteiger partial charge in [-0.1, -0.05) is 35.5 Å². The van der Waals surface area contributed by atoms with Crippen LogP contribution < -0.4 is 10.1 Å². The van der Waals surface area contributed by atoms with E-state index in [1.807, 2.05) is 54.6 Å². The van der Waals surface area contributed by atoms with Gasteiger partial charge < -0.3 is 14.6 Å². The molecule has 2 heterocycles. The zero-order valence-corrected chi connectivity index (χ0v) is 14.5. The first kappa shape index (κ1) is 17.5. The van der Waals surface area contributed by atoms with Crippen molar-refractivity contribution in [2.24, 2.45) is 0 Å². The predicted octanol–water partition coefficient (Wildman–Crippen LogP) is 3.81. The molecule has 1 N–H and O–H groups in total. The number of rotatable bonds is 5. The minimum atomic E-state index is 0. The van der Waals surface area contributed by atoms with Crippen molar-refractivity contribution in [1.82, 2.24) is 15.5 Å². The Labute approximate surface area is 152 Å². The minimum absolute atomic E-state index is 0. The Morgan fingerprint density at radius 3 is 2.60 bits per heavy atom. The Hall–Kier alpha value is -2.37. The fraction of sp³-hybridized carbons (Fsp3) is 0.263. The molecule has 6 heteroatoms. The lowest BCUT2D eigenvalue weighted by molar-refractivity contribution is 0.306. The third kappa shape index (κ3) is 4.18. The van der Waals surface area contributed by atoms with E-state index in [0.717, 1.165) is 42.3 Å². The average molecular weight is 358 g/mol. The maximum Gasteiger partial charge on any atom is 0.231 e. The third-order valence-electron chi connectivity index (χ3n) is 4.21. The van der Waals surface area contributed by atoms with Crippen LogP contribution >= 0.6 is 12.4 Å². The first-order chi connectivity index (χ1) is 11.9. The highest BCUT2D eigenvalue weighted by Crippen LogP contribution is 2.25. The lowest BCUT2D eigenvalue weighted by Crippen LogP contribution is -2.08. The lowest BCUT2D eigenvalue weighted by atomic mass is 10.1. The van der Waals surface area contributed by atoms with E-state index in [4.69, 9.17) is 9.26 Å². The van der Waals surface area contributed by atoms with E-state index in [9.17, 15) is 0 Å². The van der Waals surface area contributed by atoms with E-state index in [2.05, 4.69) is 15.5 Å². The maximum absolute atomic E-state index is 5.80. The molecule has 1 saturated heterocycles. The summed E-state index contributed by atoms with van der Waals surface area (Å²) < 4.78 is 11.2. The molecule has 0 amide bonds. The van der Waals surface area contributed by atoms with E-state index in [0.29, 0.717) is 18.3 Å². The van der Waals surface area contributed by atoms with Crippen molar-refractivity contribution < 1.29 is 9.26 Å². The van der Waals surface area contributed by atoms with E-state index in [1.165, 1.54) is 0 Å². The van der Waals surface area contributed by atoms with Gasteiger partial charge in [0.05, 0.1) is 5.92 Å². The van der Waals surface area contributed by atoms with Gasteiger partial charge in [-0.15, -0.1) is 12.4 Å². The standard InChI is InChI=1S/C19H19N3O2.ClH/c1-2-4-14(5-3-1)13-23-17-8-6-15(7-9-17)18-21-19(24-22-18)16-10-11-20-12-16;/h1-9,16,20H,10-13H2;1H/t16-;/m0./s1. The van der Waals surface area contributed by atoms with Crippen molar-refractivity contribution >= 4 is 12.4 Å². The Morgan fingerprint density at radius 1 is 1.08 bits per heavy atom. The number of aromatic nitrogens is 2. The van der Waals surface area contributed by atoms with Crippen LogP contribution in [-0.4, -0.2) is 23.2 Å². The average Bonchev–Trinajstić information content (AvgIpc) is 3.33. The van der Waals surface area contributed by atoms with Gasteiger partial charge in [-0.25, -0.2) is 0 Å². The van der Waals surface area contributed by atoms with Crippen LogP contribution in [0.3, 0.4) is 0 Å². The molecule has 1 aliphatic rings. The van der Waals surface area contributed by atoms with Crippen LogP contribution in [0.2, 0.25) is 0 Å². The molecule has 1 aliphatic heterocycles. The number of benzene rings is 2. The smallest absolute Gasteiger partial charge is 0.231 e. The van der Waals surface area contributed by atoms with Crippen molar-refractivity contribution in [2.75, 3.05) is 13.1 Å². The number of nitrogens with one attached hydrogen (secondary N) is 1. The summed E-state index contributed by atoms with van der Waals surface area (Å²) in [4.78, 5) is 4.53. The molecular weight excluding hydrogens is 338 g/mol. The van der Waals surface area contributed by atoms with Gasteiger partial charge in [0.1, 0.15) is 12.4 Å². The quantitative estimate of drug-likeness (QED) is 0.752. The van der Waals surface area contributed by atoms with Crippen LogP contribution in [0.5, 0.6) is 5.75 Å². The fourth-order valence-electron chi connectivity index (χ4n) is 2.82. The molecule has 1 atom stereocenters. The Balaban J connectivity index is 0.00000182. The predicted molar refractivity (Wildman–Crippen MR) is 98.0 cm³/mol. The van der Waals surface area contributed by atoms with Gasteiger partial charge >= 0.3 is 0 Å². The maximum atomic E-state index is 5.80. The molecule has 25 heavy (non-hydrogen) atoms. The minimum Gasteiger partial charge on any atom is -0.489 e. The molecule has 1 aromatic heterocycles. The van der Waals surface area contributed by atoms with Gasteiger partial charge in [-0.2, -0.15) is 4.98 Å². The molecule has 3 aromatic rings. The molecule has 0 saturated carbocycles. The van der Waals surface area contributed by atoms with E-state index in [1.54, 1.807) is 0 Å². The van der Waals surface area contributed by atoms with Gasteiger partial charge in [0, 0.05) is 12.1 Å². The van der Waals surface area contributed by atoms with Crippen LogP contribution in [0.15, 0.2) is 59.1 Å². The SMILES string of the molecule is Cl.c1ccc(COc2ccc(-c3noc([C@H]4CCNC4)n3)cc2)cc1. The number of hydrogen-bond acceptors (Lipinski definition) is 5. The summed E-state index contributed by atoms with van der Waals surface area (Å²) in [7, 11) is 0. The third-order valence-corrected chi connectivity index (χ3v) is 4.21. The summed E-state index contributed by atoms with van der Waals surface area (Å²) in [6.45, 7) is 2.48. The summed E-state index contributed by atoms with van der Waals surface area (Å²) in [5, 5.41) is 7.41.